The van der Waals surface area contributed by atoms with Crippen molar-refractivity contribution < 1.29 is 4.74 Å². The Bertz CT molecular complexity index is 450. The van der Waals surface area contributed by atoms with Crippen LogP contribution >= 0.6 is 11.8 Å². The number of nitrogens with zero attached hydrogens (tertiary/aromatic N) is 1. The Kier molecular flexibility index (Phi) is 5.97. The van der Waals surface area contributed by atoms with Gasteiger partial charge in [0.2, 0.25) is 0 Å². The predicted octanol–water partition coefficient (Wildman–Crippen LogP) is 3.30. The summed E-state index contributed by atoms with van der Waals surface area (Å²) in [5.74, 6) is 2.12. The number of hydrogen-bond acceptors (Lipinski definition) is 4. The number of thioether (sulfide) groups is 1. The van der Waals surface area contributed by atoms with Crippen molar-refractivity contribution in [1.82, 2.24) is 4.90 Å². The summed E-state index contributed by atoms with van der Waals surface area (Å²) >= 11 is 2.07. The van der Waals surface area contributed by atoms with Crippen LogP contribution in [-0.4, -0.2) is 41.6 Å². The van der Waals surface area contributed by atoms with Gasteiger partial charge in [0.05, 0.1) is 6.61 Å². The lowest BCUT2D eigenvalue weighted by Crippen LogP contribution is -2.35. The minimum absolute atomic E-state index is 0.292. The number of rotatable bonds is 5. The van der Waals surface area contributed by atoms with Gasteiger partial charge in [-0.1, -0.05) is 26.0 Å². The van der Waals surface area contributed by atoms with E-state index >= 15 is 0 Å². The van der Waals surface area contributed by atoms with Crippen LogP contribution in [0.25, 0.3) is 0 Å². The van der Waals surface area contributed by atoms with Crippen LogP contribution in [0.2, 0.25) is 0 Å². The quantitative estimate of drug-likeness (QED) is 0.906. The van der Waals surface area contributed by atoms with Crippen molar-refractivity contribution in [3.05, 3.63) is 29.8 Å². The van der Waals surface area contributed by atoms with Crippen molar-refractivity contribution in [3.63, 3.8) is 0 Å². The lowest BCUT2D eigenvalue weighted by atomic mass is 10.0. The molecule has 1 aromatic rings. The summed E-state index contributed by atoms with van der Waals surface area (Å²) < 4.78 is 6.00. The largest absolute Gasteiger partial charge is 0.494 e. The van der Waals surface area contributed by atoms with Crippen LogP contribution in [0.3, 0.4) is 0 Å². The lowest BCUT2D eigenvalue weighted by Gasteiger charge is -2.30. The summed E-state index contributed by atoms with van der Waals surface area (Å²) in [6, 6.07) is 8.69. The topological polar surface area (TPSA) is 38.5 Å². The second kappa shape index (κ2) is 7.52. The second-order valence-electron chi connectivity index (χ2n) is 6.15. The highest BCUT2D eigenvalue weighted by Gasteiger charge is 2.27. The van der Waals surface area contributed by atoms with E-state index in [1.54, 1.807) is 0 Å². The van der Waals surface area contributed by atoms with Crippen LogP contribution in [-0.2, 0) is 0 Å². The molecule has 1 aliphatic heterocycles. The third-order valence-corrected chi connectivity index (χ3v) is 5.46. The van der Waals surface area contributed by atoms with Gasteiger partial charge in [-0.05, 0) is 31.0 Å². The number of hydrogen-bond donors (Lipinski definition) is 1. The van der Waals surface area contributed by atoms with Gasteiger partial charge in [-0.25, -0.2) is 0 Å². The fourth-order valence-electron chi connectivity index (χ4n) is 2.82. The van der Waals surface area contributed by atoms with Crippen LogP contribution in [0.5, 0.6) is 5.75 Å². The zero-order valence-corrected chi connectivity index (χ0v) is 14.3. The molecular weight excluding hydrogens is 280 g/mol. The molecule has 0 aromatic heterocycles. The molecule has 1 fully saturated rings. The predicted molar refractivity (Wildman–Crippen MR) is 92.1 cm³/mol. The fourth-order valence-corrected chi connectivity index (χ4v) is 3.94. The Labute approximate surface area is 133 Å². The van der Waals surface area contributed by atoms with Crippen molar-refractivity contribution in [3.8, 4) is 5.75 Å². The molecule has 0 amide bonds. The first-order chi connectivity index (χ1) is 10.1. The summed E-state index contributed by atoms with van der Waals surface area (Å²) in [5, 5.41) is 0. The molecule has 4 heteroatoms. The van der Waals surface area contributed by atoms with Gasteiger partial charge < -0.3 is 10.5 Å². The Morgan fingerprint density at radius 2 is 2.19 bits per heavy atom. The van der Waals surface area contributed by atoms with E-state index in [1.165, 1.54) is 17.7 Å². The van der Waals surface area contributed by atoms with Gasteiger partial charge in [-0.15, -0.1) is 0 Å². The van der Waals surface area contributed by atoms with Gasteiger partial charge in [0.1, 0.15) is 5.75 Å². The molecule has 2 N–H and O–H groups in total. The minimum Gasteiger partial charge on any atom is -0.494 e. The molecule has 0 bridgehead atoms. The molecule has 1 heterocycles. The molecule has 0 radical (unpaired) electrons. The maximum Gasteiger partial charge on any atom is 0.119 e. The van der Waals surface area contributed by atoms with Crippen molar-refractivity contribution in [1.29, 1.82) is 0 Å². The lowest BCUT2D eigenvalue weighted by molar-refractivity contribution is 0.210. The molecule has 0 saturated carbocycles. The number of ether oxygens (including phenoxy) is 1. The maximum absolute atomic E-state index is 6.09. The van der Waals surface area contributed by atoms with Gasteiger partial charge in [-0.2, -0.15) is 11.8 Å². The van der Waals surface area contributed by atoms with Gasteiger partial charge in [0.15, 0.2) is 0 Å². The van der Waals surface area contributed by atoms with E-state index in [4.69, 9.17) is 10.5 Å². The molecule has 1 saturated heterocycles. The maximum atomic E-state index is 6.09. The molecular formula is C17H28N2OS. The van der Waals surface area contributed by atoms with Gasteiger partial charge in [0.25, 0.3) is 0 Å². The first kappa shape index (κ1) is 16.7. The molecule has 1 unspecified atom stereocenters. The summed E-state index contributed by atoms with van der Waals surface area (Å²) in [4.78, 5) is 2.53. The van der Waals surface area contributed by atoms with Crippen molar-refractivity contribution in [2.45, 2.75) is 38.0 Å². The normalized spacial score (nSPS) is 20.8. The highest BCUT2D eigenvalue weighted by molar-refractivity contribution is 8.00. The molecule has 1 aliphatic rings. The third-order valence-electron chi connectivity index (χ3n) is 4.09. The highest BCUT2D eigenvalue weighted by atomic mass is 32.2. The SMILES string of the molecule is CCOc1cccc(C(CN)N2CCSC(C)(C)CC2)c1. The summed E-state index contributed by atoms with van der Waals surface area (Å²) in [5.41, 5.74) is 7.36. The van der Waals surface area contributed by atoms with E-state index in [0.29, 0.717) is 23.9 Å². The molecule has 3 nitrogen and oxygen atoms in total. The highest BCUT2D eigenvalue weighted by Crippen LogP contribution is 2.33. The van der Waals surface area contributed by atoms with Crippen LogP contribution in [0.1, 0.15) is 38.8 Å². The first-order valence-corrected chi connectivity index (χ1v) is 8.85. The van der Waals surface area contributed by atoms with E-state index in [0.717, 1.165) is 18.8 Å². The van der Waals surface area contributed by atoms with Gasteiger partial charge in [-0.3, -0.25) is 4.90 Å². The summed E-state index contributed by atoms with van der Waals surface area (Å²) in [7, 11) is 0. The molecule has 21 heavy (non-hydrogen) atoms. The zero-order chi connectivity index (χ0) is 15.3. The average Bonchev–Trinajstić information content (AvgIpc) is 2.62. The van der Waals surface area contributed by atoms with Crippen LogP contribution in [0.4, 0.5) is 0 Å². The molecule has 1 aromatic carbocycles. The first-order valence-electron chi connectivity index (χ1n) is 7.86. The van der Waals surface area contributed by atoms with E-state index in [-0.39, 0.29) is 0 Å². The zero-order valence-electron chi connectivity index (χ0n) is 13.5. The average molecular weight is 308 g/mol. The van der Waals surface area contributed by atoms with Crippen molar-refractivity contribution in [2.24, 2.45) is 5.73 Å². The molecule has 118 valence electrons. The Morgan fingerprint density at radius 1 is 1.38 bits per heavy atom. The number of nitrogens with two attached hydrogens (primary N) is 1. The van der Waals surface area contributed by atoms with Crippen molar-refractivity contribution >= 4 is 11.8 Å². The summed E-state index contributed by atoms with van der Waals surface area (Å²) in [6.07, 6.45) is 1.21. The smallest absolute Gasteiger partial charge is 0.119 e. The van der Waals surface area contributed by atoms with E-state index < -0.39 is 0 Å². The summed E-state index contributed by atoms with van der Waals surface area (Å²) in [6.45, 7) is 10.3. The van der Waals surface area contributed by atoms with Gasteiger partial charge >= 0.3 is 0 Å². The minimum atomic E-state index is 0.292. The Morgan fingerprint density at radius 3 is 2.90 bits per heavy atom. The second-order valence-corrected chi connectivity index (χ2v) is 7.95. The number of benzene rings is 1. The third kappa shape index (κ3) is 4.63. The monoisotopic (exact) mass is 308 g/mol. The molecule has 2 rings (SSSR count). The molecule has 1 atom stereocenters. The van der Waals surface area contributed by atoms with E-state index in [9.17, 15) is 0 Å². The van der Waals surface area contributed by atoms with Gasteiger partial charge in [0, 0.05) is 36.2 Å². The standard InChI is InChI=1S/C17H28N2OS/c1-4-20-15-7-5-6-14(12-15)16(13-18)19-9-8-17(2,3)21-11-10-19/h5-7,12,16H,4,8-11,13,18H2,1-3H3. The molecule has 0 spiro atoms. The van der Waals surface area contributed by atoms with Crippen LogP contribution in [0, 0.1) is 0 Å². The van der Waals surface area contributed by atoms with E-state index in [2.05, 4.69) is 48.7 Å². The fraction of sp³-hybridized carbons (Fsp3) is 0.647. The van der Waals surface area contributed by atoms with Crippen molar-refractivity contribution in [2.75, 3.05) is 32.0 Å². The Hall–Kier alpha value is -0.710. The molecule has 0 aliphatic carbocycles. The van der Waals surface area contributed by atoms with E-state index in [1.807, 2.05) is 13.0 Å². The Balaban J connectivity index is 2.13. The van der Waals surface area contributed by atoms with Crippen LogP contribution < -0.4 is 10.5 Å². The van der Waals surface area contributed by atoms with Crippen LogP contribution in [0.15, 0.2) is 24.3 Å².